The van der Waals surface area contributed by atoms with Crippen LogP contribution in [0.5, 0.6) is 0 Å². The average Bonchev–Trinajstić information content (AvgIpc) is 2.46. The highest BCUT2D eigenvalue weighted by Gasteiger charge is 2.35. The fourth-order valence-electron chi connectivity index (χ4n) is 3.02. The molecule has 7 heteroatoms. The minimum absolute atomic E-state index is 0.147. The van der Waals surface area contributed by atoms with E-state index in [1.54, 1.807) is 0 Å². The van der Waals surface area contributed by atoms with Crippen molar-refractivity contribution in [1.82, 2.24) is 14.1 Å². The number of nitrogens with zero attached hydrogens (tertiary/aromatic N) is 3. The van der Waals surface area contributed by atoms with Gasteiger partial charge in [0.25, 0.3) is 0 Å². The zero-order valence-electron chi connectivity index (χ0n) is 14.2. The number of halogens is 1. The Labute approximate surface area is 138 Å². The van der Waals surface area contributed by atoms with E-state index in [1.165, 1.54) is 28.6 Å². The van der Waals surface area contributed by atoms with Gasteiger partial charge in [-0.1, -0.05) is 0 Å². The van der Waals surface area contributed by atoms with Crippen molar-refractivity contribution in [3.63, 3.8) is 0 Å². The van der Waals surface area contributed by atoms with E-state index in [-0.39, 0.29) is 17.0 Å². The van der Waals surface area contributed by atoms with E-state index in [2.05, 4.69) is 23.6 Å². The maximum atomic E-state index is 13.0. The molecule has 1 aliphatic heterocycles. The predicted molar refractivity (Wildman–Crippen MR) is 89.3 cm³/mol. The summed E-state index contributed by atoms with van der Waals surface area (Å²) in [4.78, 5) is 4.62. The number of benzene rings is 1. The molecule has 0 amide bonds. The zero-order valence-corrected chi connectivity index (χ0v) is 15.1. The number of rotatable bonds is 5. The van der Waals surface area contributed by atoms with Crippen LogP contribution in [0.1, 0.15) is 13.8 Å². The molecule has 130 valence electrons. The summed E-state index contributed by atoms with van der Waals surface area (Å²) in [6, 6.07) is 5.33. The standard InChI is InChI=1S/C16H26FN3O2S/c1-13-11-19(12-14(2)20(13)10-9-18(3)4)23(21,22)16-7-5-15(17)6-8-16/h5-8,13-14H,9-12H2,1-4H3. The molecule has 0 saturated carbocycles. The van der Waals surface area contributed by atoms with Crippen LogP contribution in [-0.4, -0.2) is 74.9 Å². The molecule has 2 atom stereocenters. The fourth-order valence-corrected chi connectivity index (χ4v) is 4.62. The van der Waals surface area contributed by atoms with E-state index in [4.69, 9.17) is 0 Å². The van der Waals surface area contributed by atoms with E-state index >= 15 is 0 Å². The van der Waals surface area contributed by atoms with Gasteiger partial charge in [0, 0.05) is 38.3 Å². The summed E-state index contributed by atoms with van der Waals surface area (Å²) in [5.41, 5.74) is 0. The zero-order chi connectivity index (χ0) is 17.2. The topological polar surface area (TPSA) is 43.9 Å². The second-order valence-corrected chi connectivity index (χ2v) is 8.45. The molecule has 0 N–H and O–H groups in total. The summed E-state index contributed by atoms with van der Waals surface area (Å²) < 4.78 is 40.0. The second-order valence-electron chi connectivity index (χ2n) is 6.52. The molecule has 0 aromatic heterocycles. The monoisotopic (exact) mass is 343 g/mol. The van der Waals surface area contributed by atoms with Gasteiger partial charge in [-0.05, 0) is 52.2 Å². The van der Waals surface area contributed by atoms with Crippen LogP contribution in [-0.2, 0) is 10.0 Å². The highest BCUT2D eigenvalue weighted by Crippen LogP contribution is 2.23. The first-order valence-electron chi connectivity index (χ1n) is 7.88. The molecule has 0 aliphatic carbocycles. The third kappa shape index (κ3) is 4.29. The van der Waals surface area contributed by atoms with E-state index < -0.39 is 15.8 Å². The van der Waals surface area contributed by atoms with Gasteiger partial charge in [-0.2, -0.15) is 4.31 Å². The maximum Gasteiger partial charge on any atom is 0.243 e. The van der Waals surface area contributed by atoms with Gasteiger partial charge in [-0.15, -0.1) is 0 Å². The van der Waals surface area contributed by atoms with Crippen LogP contribution in [0, 0.1) is 5.82 Å². The Morgan fingerprint density at radius 1 is 1.13 bits per heavy atom. The Bertz CT molecular complexity index is 607. The van der Waals surface area contributed by atoms with E-state index in [0.717, 1.165) is 13.1 Å². The summed E-state index contributed by atoms with van der Waals surface area (Å²) in [5, 5.41) is 0. The molecule has 5 nitrogen and oxygen atoms in total. The number of hydrogen-bond acceptors (Lipinski definition) is 4. The van der Waals surface area contributed by atoms with Crippen molar-refractivity contribution in [2.45, 2.75) is 30.8 Å². The number of hydrogen-bond donors (Lipinski definition) is 0. The highest BCUT2D eigenvalue weighted by molar-refractivity contribution is 7.89. The van der Waals surface area contributed by atoms with Gasteiger partial charge in [0.2, 0.25) is 10.0 Å². The van der Waals surface area contributed by atoms with Crippen molar-refractivity contribution >= 4 is 10.0 Å². The largest absolute Gasteiger partial charge is 0.308 e. The third-order valence-corrected chi connectivity index (χ3v) is 6.17. The van der Waals surface area contributed by atoms with Crippen LogP contribution in [0.4, 0.5) is 4.39 Å². The van der Waals surface area contributed by atoms with Gasteiger partial charge < -0.3 is 4.90 Å². The Morgan fingerprint density at radius 2 is 1.65 bits per heavy atom. The second kappa shape index (κ2) is 7.25. The molecule has 1 heterocycles. The van der Waals surface area contributed by atoms with Crippen LogP contribution in [0.2, 0.25) is 0 Å². The molecule has 23 heavy (non-hydrogen) atoms. The van der Waals surface area contributed by atoms with E-state index in [9.17, 15) is 12.8 Å². The van der Waals surface area contributed by atoms with Gasteiger partial charge in [0.1, 0.15) is 5.82 Å². The van der Waals surface area contributed by atoms with E-state index in [0.29, 0.717) is 13.1 Å². The summed E-state index contributed by atoms with van der Waals surface area (Å²) >= 11 is 0. The first kappa shape index (κ1) is 18.3. The lowest BCUT2D eigenvalue weighted by Crippen LogP contribution is -2.58. The van der Waals surface area contributed by atoms with E-state index in [1.807, 2.05) is 14.1 Å². The minimum Gasteiger partial charge on any atom is -0.308 e. The Hall–Kier alpha value is -1.02. The fraction of sp³-hybridized carbons (Fsp3) is 0.625. The first-order valence-corrected chi connectivity index (χ1v) is 9.32. The summed E-state index contributed by atoms with van der Waals surface area (Å²) in [6.45, 7) is 6.88. The lowest BCUT2D eigenvalue weighted by molar-refractivity contribution is 0.0708. The van der Waals surface area contributed by atoms with Crippen molar-refractivity contribution < 1.29 is 12.8 Å². The molecule has 1 fully saturated rings. The molecule has 1 aromatic carbocycles. The van der Waals surface area contributed by atoms with Crippen LogP contribution in [0.3, 0.4) is 0 Å². The molecular weight excluding hydrogens is 317 g/mol. The predicted octanol–water partition coefficient (Wildman–Crippen LogP) is 1.47. The van der Waals surface area contributed by atoms with Crippen molar-refractivity contribution in [2.75, 3.05) is 40.3 Å². The Balaban J connectivity index is 2.12. The SMILES string of the molecule is CC1CN(S(=O)(=O)c2ccc(F)cc2)CC(C)N1CCN(C)C. The van der Waals surface area contributed by atoms with Crippen LogP contribution >= 0.6 is 0 Å². The lowest BCUT2D eigenvalue weighted by Gasteiger charge is -2.44. The molecule has 0 spiro atoms. The molecule has 1 aromatic rings. The Kier molecular flexibility index (Phi) is 5.78. The van der Waals surface area contributed by atoms with Crippen molar-refractivity contribution in [1.29, 1.82) is 0 Å². The molecule has 2 rings (SSSR count). The lowest BCUT2D eigenvalue weighted by atomic mass is 10.1. The van der Waals surface area contributed by atoms with Gasteiger partial charge in [0.05, 0.1) is 4.90 Å². The third-order valence-electron chi connectivity index (χ3n) is 4.32. The highest BCUT2D eigenvalue weighted by atomic mass is 32.2. The smallest absolute Gasteiger partial charge is 0.243 e. The minimum atomic E-state index is -3.57. The molecule has 0 bridgehead atoms. The summed E-state index contributed by atoms with van der Waals surface area (Å²) in [6.07, 6.45) is 0. The van der Waals surface area contributed by atoms with Crippen molar-refractivity contribution in [3.8, 4) is 0 Å². The number of piperazine rings is 1. The number of sulfonamides is 1. The van der Waals surface area contributed by atoms with Crippen LogP contribution in [0.25, 0.3) is 0 Å². The molecule has 1 saturated heterocycles. The first-order chi connectivity index (χ1) is 10.7. The average molecular weight is 343 g/mol. The molecule has 2 unspecified atom stereocenters. The quantitative estimate of drug-likeness (QED) is 0.812. The molecule has 1 aliphatic rings. The van der Waals surface area contributed by atoms with Gasteiger partial charge >= 0.3 is 0 Å². The molecular formula is C16H26FN3O2S. The van der Waals surface area contributed by atoms with Crippen LogP contribution < -0.4 is 0 Å². The summed E-state index contributed by atoms with van der Waals surface area (Å²) in [5.74, 6) is -0.431. The van der Waals surface area contributed by atoms with Gasteiger partial charge in [-0.25, -0.2) is 12.8 Å². The Morgan fingerprint density at radius 3 is 2.13 bits per heavy atom. The van der Waals surface area contributed by atoms with Gasteiger partial charge in [-0.3, -0.25) is 4.90 Å². The van der Waals surface area contributed by atoms with Crippen molar-refractivity contribution in [3.05, 3.63) is 30.1 Å². The van der Waals surface area contributed by atoms with Crippen molar-refractivity contribution in [2.24, 2.45) is 0 Å². The maximum absolute atomic E-state index is 13.0. The van der Waals surface area contributed by atoms with Crippen LogP contribution in [0.15, 0.2) is 29.2 Å². The summed E-state index contributed by atoms with van der Waals surface area (Å²) in [7, 11) is 0.495. The molecule has 0 radical (unpaired) electrons. The number of likely N-dealkylation sites (N-methyl/N-ethyl adjacent to an activating group) is 1. The van der Waals surface area contributed by atoms with Gasteiger partial charge in [0.15, 0.2) is 0 Å². The normalized spacial score (nSPS) is 24.3.